The van der Waals surface area contributed by atoms with E-state index in [1.807, 2.05) is 27.7 Å². The second-order valence-corrected chi connectivity index (χ2v) is 15.4. The van der Waals surface area contributed by atoms with Crippen molar-refractivity contribution in [3.05, 3.63) is 0 Å². The number of ether oxygens (including phenoxy) is 2. The summed E-state index contributed by atoms with van der Waals surface area (Å²) in [6.45, 7) is 17.2. The van der Waals surface area contributed by atoms with Crippen LogP contribution in [0.1, 0.15) is 48.5 Å². The number of β-lactam (4-membered cyclic amide) rings is 1. The van der Waals surface area contributed by atoms with Gasteiger partial charge in [0.05, 0.1) is 13.2 Å². The third kappa shape index (κ3) is 4.45. The zero-order valence-corrected chi connectivity index (χ0v) is 21.5. The van der Waals surface area contributed by atoms with Crippen LogP contribution in [0.25, 0.3) is 0 Å². The van der Waals surface area contributed by atoms with Crippen molar-refractivity contribution in [2.75, 3.05) is 13.7 Å². The van der Waals surface area contributed by atoms with Gasteiger partial charge in [-0.3, -0.25) is 14.5 Å². The lowest BCUT2D eigenvalue weighted by Crippen LogP contribution is -2.78. The molecule has 0 aromatic heterocycles. The molecular formula is C20H35NO7SSi. The molecule has 0 bridgehead atoms. The first-order chi connectivity index (χ1) is 13.4. The van der Waals surface area contributed by atoms with E-state index in [9.17, 15) is 19.2 Å². The van der Waals surface area contributed by atoms with Gasteiger partial charge in [0, 0.05) is 0 Å². The minimum absolute atomic E-state index is 0.0770. The van der Waals surface area contributed by atoms with Crippen LogP contribution in [0, 0.1) is 10.8 Å². The maximum atomic E-state index is 13.4. The van der Waals surface area contributed by atoms with Gasteiger partial charge in [-0.1, -0.05) is 41.5 Å². The number of carbonyl (C=O) groups excluding carboxylic acids is 4. The molecule has 0 aromatic carbocycles. The van der Waals surface area contributed by atoms with Gasteiger partial charge in [0.25, 0.3) is 0 Å². The fourth-order valence-corrected chi connectivity index (χ4v) is 5.86. The van der Waals surface area contributed by atoms with Crippen LogP contribution in [0.4, 0.5) is 0 Å². The van der Waals surface area contributed by atoms with Gasteiger partial charge < -0.3 is 13.9 Å². The smallest absolute Gasteiger partial charge is 0.398 e. The van der Waals surface area contributed by atoms with Crippen molar-refractivity contribution in [3.63, 3.8) is 0 Å². The fourth-order valence-electron chi connectivity index (χ4n) is 3.52. The fraction of sp³-hybridized carbons (Fsp3) is 0.800. The molecule has 0 N–H and O–H groups in total. The highest BCUT2D eigenvalue weighted by Crippen LogP contribution is 2.57. The highest BCUT2D eigenvalue weighted by Gasteiger charge is 2.71. The van der Waals surface area contributed by atoms with Gasteiger partial charge in [-0.15, -0.1) is 0 Å². The lowest BCUT2D eigenvalue weighted by molar-refractivity contribution is -0.199. The van der Waals surface area contributed by atoms with Gasteiger partial charge in [0.2, 0.25) is 5.91 Å². The Morgan fingerprint density at radius 3 is 2.03 bits per heavy atom. The molecule has 0 saturated carbocycles. The first-order valence-corrected chi connectivity index (χ1v) is 13.3. The molecule has 30 heavy (non-hydrogen) atoms. The van der Waals surface area contributed by atoms with Gasteiger partial charge in [0.15, 0.2) is 14.9 Å². The Kier molecular flexibility index (Phi) is 7.66. The van der Waals surface area contributed by atoms with Gasteiger partial charge in [-0.2, -0.15) is 12.6 Å². The third-order valence-corrected chi connectivity index (χ3v) is 11.5. The van der Waals surface area contributed by atoms with E-state index in [0.29, 0.717) is 0 Å². The number of esters is 2. The van der Waals surface area contributed by atoms with Crippen molar-refractivity contribution < 1.29 is 33.1 Å². The molecule has 1 heterocycles. The Morgan fingerprint density at radius 2 is 1.67 bits per heavy atom. The van der Waals surface area contributed by atoms with Gasteiger partial charge >= 0.3 is 17.8 Å². The van der Waals surface area contributed by atoms with Crippen molar-refractivity contribution in [1.29, 1.82) is 0 Å². The van der Waals surface area contributed by atoms with Gasteiger partial charge in [-0.25, -0.2) is 9.59 Å². The minimum Gasteiger partial charge on any atom is -0.466 e. The first-order valence-electron chi connectivity index (χ1n) is 9.83. The Balaban J connectivity index is 3.17. The zero-order chi connectivity index (χ0) is 23.9. The summed E-state index contributed by atoms with van der Waals surface area (Å²) in [6.07, 6.45) is -0.538. The molecule has 1 saturated heterocycles. The highest BCUT2D eigenvalue weighted by atomic mass is 32.1. The molecule has 0 radical (unpaired) electrons. The number of methoxy groups -OCH3 is 1. The lowest BCUT2D eigenvalue weighted by atomic mass is 9.58. The second kappa shape index (κ2) is 8.62. The largest absolute Gasteiger partial charge is 0.466 e. The lowest BCUT2D eigenvalue weighted by Gasteiger charge is -2.62. The van der Waals surface area contributed by atoms with E-state index in [1.54, 1.807) is 0 Å². The molecule has 172 valence electrons. The summed E-state index contributed by atoms with van der Waals surface area (Å²) in [4.78, 5) is 49.8. The van der Waals surface area contributed by atoms with E-state index < -0.39 is 61.0 Å². The number of nitrogens with zero attached hydrogens (tertiary/aromatic N) is 1. The van der Waals surface area contributed by atoms with Gasteiger partial charge in [-0.05, 0) is 30.5 Å². The Bertz CT molecular complexity index is 726. The average molecular weight is 462 g/mol. The molecule has 0 spiro atoms. The van der Waals surface area contributed by atoms with Crippen molar-refractivity contribution in [2.45, 2.75) is 78.1 Å². The molecule has 1 fully saturated rings. The quantitative estimate of drug-likeness (QED) is 0.221. The van der Waals surface area contributed by atoms with E-state index in [4.69, 9.17) is 4.43 Å². The van der Waals surface area contributed by atoms with Crippen molar-refractivity contribution in [3.8, 4) is 0 Å². The predicted molar refractivity (Wildman–Crippen MR) is 117 cm³/mol. The van der Waals surface area contributed by atoms with E-state index in [0.717, 1.165) is 12.0 Å². The van der Waals surface area contributed by atoms with Crippen LogP contribution in [-0.2, 0) is 33.1 Å². The number of thiol groups is 1. The first kappa shape index (κ1) is 26.6. The molecule has 0 aromatic rings. The van der Waals surface area contributed by atoms with Crippen LogP contribution in [0.5, 0.6) is 0 Å². The van der Waals surface area contributed by atoms with E-state index >= 15 is 0 Å². The van der Waals surface area contributed by atoms with Crippen LogP contribution in [0.15, 0.2) is 0 Å². The molecule has 8 nitrogen and oxygen atoms in total. The molecule has 0 aliphatic carbocycles. The van der Waals surface area contributed by atoms with E-state index in [-0.39, 0.29) is 5.04 Å². The summed E-state index contributed by atoms with van der Waals surface area (Å²) < 4.78 is 15.5. The number of hydrogen-bond donors (Lipinski definition) is 1. The predicted octanol–water partition coefficient (Wildman–Crippen LogP) is 2.77. The summed E-state index contributed by atoms with van der Waals surface area (Å²) in [7, 11) is -1.10. The van der Waals surface area contributed by atoms with E-state index in [2.05, 4.69) is 56.0 Å². The summed E-state index contributed by atoms with van der Waals surface area (Å²) >= 11 is 4.56. The number of amides is 2. The summed E-state index contributed by atoms with van der Waals surface area (Å²) in [6, 6.07) is 0. The normalized spacial score (nSPS) is 23.5. The SMILES string of the molecule is COC(=O)COC(=O)C(=O)N1C(=O)[C@@]([C@@H](C)O[Si](C)(C)C(C)(C)C)(C(C)(C)C)[C@H]1S. The molecule has 1 aliphatic rings. The number of imide groups is 1. The summed E-state index contributed by atoms with van der Waals surface area (Å²) in [5.74, 6) is -3.83. The van der Waals surface area contributed by atoms with Crippen LogP contribution in [0.3, 0.4) is 0 Å². The second-order valence-electron chi connectivity index (χ2n) is 10.1. The van der Waals surface area contributed by atoms with E-state index in [1.165, 1.54) is 0 Å². The molecule has 3 atom stereocenters. The molecule has 1 rings (SSSR count). The Labute approximate surface area is 185 Å². The monoisotopic (exact) mass is 461 g/mol. The van der Waals surface area contributed by atoms with Crippen molar-refractivity contribution >= 4 is 44.7 Å². The van der Waals surface area contributed by atoms with Crippen LogP contribution in [0.2, 0.25) is 18.1 Å². The number of hydrogen-bond acceptors (Lipinski definition) is 8. The number of rotatable bonds is 5. The number of likely N-dealkylation sites (tertiary alicyclic amines) is 1. The molecule has 0 unspecified atom stereocenters. The Morgan fingerprint density at radius 1 is 1.17 bits per heavy atom. The topological polar surface area (TPSA) is 99.2 Å². The molecule has 10 heteroatoms. The summed E-state index contributed by atoms with van der Waals surface area (Å²) in [5.41, 5.74) is -1.73. The Hall–Kier alpha value is -1.39. The standard InChI is InChI=1S/C20H35NO7SSi/c1-12(28-30(9,10)19(5,6)7)20(18(2,3)4)16(25)21(17(20)29)14(23)15(24)27-11-13(22)26-8/h12,17,29H,11H2,1-10H3/t12-,17-,20-/m1/s1. The minimum atomic E-state index is -2.23. The maximum absolute atomic E-state index is 13.4. The molecule has 2 amide bonds. The van der Waals surface area contributed by atoms with Crippen LogP contribution >= 0.6 is 12.6 Å². The average Bonchev–Trinajstić information content (AvgIpc) is 2.56. The van der Waals surface area contributed by atoms with Crippen molar-refractivity contribution in [2.24, 2.45) is 10.8 Å². The maximum Gasteiger partial charge on any atom is 0.398 e. The molecule has 1 aliphatic heterocycles. The highest BCUT2D eigenvalue weighted by molar-refractivity contribution is 7.81. The zero-order valence-electron chi connectivity index (χ0n) is 19.6. The summed E-state index contributed by atoms with van der Waals surface area (Å²) in [5, 5.41) is -0.963. The molecular weight excluding hydrogens is 426 g/mol. The van der Waals surface area contributed by atoms with Crippen molar-refractivity contribution in [1.82, 2.24) is 4.90 Å². The third-order valence-electron chi connectivity index (χ3n) is 6.33. The van der Waals surface area contributed by atoms with Gasteiger partial charge in [0.1, 0.15) is 10.8 Å². The number of carbonyl (C=O) groups is 4. The van der Waals surface area contributed by atoms with Crippen LogP contribution in [-0.4, -0.2) is 62.2 Å². The van der Waals surface area contributed by atoms with Crippen LogP contribution < -0.4 is 0 Å².